The summed E-state index contributed by atoms with van der Waals surface area (Å²) >= 11 is 0. The summed E-state index contributed by atoms with van der Waals surface area (Å²) in [5.41, 5.74) is 3.11. The van der Waals surface area contributed by atoms with Gasteiger partial charge in [-0.25, -0.2) is 0 Å². The van der Waals surface area contributed by atoms with Gasteiger partial charge in [-0.05, 0) is 23.8 Å². The van der Waals surface area contributed by atoms with Gasteiger partial charge in [-0.2, -0.15) is 4.98 Å². The topological polar surface area (TPSA) is 81.2 Å². The highest BCUT2D eigenvalue weighted by molar-refractivity contribution is 6.03. The molecule has 2 aromatic carbocycles. The Labute approximate surface area is 149 Å². The van der Waals surface area contributed by atoms with Crippen LogP contribution < -0.4 is 5.32 Å². The molecule has 6 heteroatoms. The highest BCUT2D eigenvalue weighted by Crippen LogP contribution is 2.18. The first-order chi connectivity index (χ1) is 12.8. The molecule has 1 amide bonds. The van der Waals surface area contributed by atoms with Gasteiger partial charge < -0.3 is 14.3 Å². The van der Waals surface area contributed by atoms with E-state index in [0.717, 1.165) is 11.1 Å². The Morgan fingerprint density at radius 1 is 1.00 bits per heavy atom. The van der Waals surface area contributed by atoms with E-state index in [1.165, 1.54) is 12.5 Å². The van der Waals surface area contributed by atoms with Crippen molar-refractivity contribution in [3.63, 3.8) is 0 Å². The third-order valence-corrected chi connectivity index (χ3v) is 3.85. The molecule has 0 saturated carbocycles. The summed E-state index contributed by atoms with van der Waals surface area (Å²) in [7, 11) is 0. The number of anilines is 1. The lowest BCUT2D eigenvalue weighted by atomic mass is 10.1. The molecule has 4 aromatic rings. The number of hydrogen-bond donors (Lipinski definition) is 1. The van der Waals surface area contributed by atoms with Crippen molar-refractivity contribution in [3.05, 3.63) is 90.2 Å². The molecule has 0 aliphatic rings. The van der Waals surface area contributed by atoms with Crippen molar-refractivity contribution >= 4 is 11.6 Å². The van der Waals surface area contributed by atoms with Crippen molar-refractivity contribution in [2.75, 3.05) is 5.32 Å². The minimum absolute atomic E-state index is 0.212. The maximum Gasteiger partial charge on any atom is 0.258 e. The van der Waals surface area contributed by atoms with Gasteiger partial charge in [0, 0.05) is 11.3 Å². The molecule has 0 radical (unpaired) electrons. The van der Waals surface area contributed by atoms with E-state index in [0.29, 0.717) is 29.4 Å². The van der Waals surface area contributed by atoms with E-state index in [1.807, 2.05) is 54.6 Å². The first-order valence-electron chi connectivity index (χ1n) is 8.08. The second-order valence-corrected chi connectivity index (χ2v) is 5.72. The van der Waals surface area contributed by atoms with E-state index >= 15 is 0 Å². The number of furan rings is 1. The molecule has 0 spiro atoms. The minimum Gasteiger partial charge on any atom is -0.472 e. The zero-order valence-corrected chi connectivity index (χ0v) is 13.8. The van der Waals surface area contributed by atoms with Crippen LogP contribution in [0.2, 0.25) is 0 Å². The van der Waals surface area contributed by atoms with Crippen LogP contribution in [-0.4, -0.2) is 16.0 Å². The van der Waals surface area contributed by atoms with Gasteiger partial charge >= 0.3 is 0 Å². The van der Waals surface area contributed by atoms with Crippen LogP contribution in [0.5, 0.6) is 0 Å². The van der Waals surface area contributed by atoms with Crippen molar-refractivity contribution in [2.24, 2.45) is 0 Å². The molecular formula is C20H15N3O3. The molecule has 0 saturated heterocycles. The van der Waals surface area contributed by atoms with E-state index in [9.17, 15) is 4.79 Å². The lowest BCUT2D eigenvalue weighted by Crippen LogP contribution is -2.10. The second kappa shape index (κ2) is 7.06. The van der Waals surface area contributed by atoms with E-state index in [4.69, 9.17) is 8.94 Å². The molecule has 0 fully saturated rings. The Hall–Kier alpha value is -3.67. The molecule has 4 rings (SSSR count). The summed E-state index contributed by atoms with van der Waals surface area (Å²) in [6, 6.07) is 18.8. The zero-order chi connectivity index (χ0) is 17.8. The van der Waals surface area contributed by atoms with Crippen LogP contribution >= 0.6 is 0 Å². The third kappa shape index (κ3) is 3.54. The summed E-state index contributed by atoms with van der Waals surface area (Å²) in [5.74, 6) is 0.902. The highest BCUT2D eigenvalue weighted by Gasteiger charge is 2.10. The van der Waals surface area contributed by atoms with E-state index in [1.54, 1.807) is 6.07 Å². The maximum absolute atomic E-state index is 12.0. The van der Waals surface area contributed by atoms with Gasteiger partial charge in [-0.15, -0.1) is 0 Å². The normalized spacial score (nSPS) is 10.6. The molecule has 2 aromatic heterocycles. The van der Waals surface area contributed by atoms with Gasteiger partial charge in [0.15, 0.2) is 0 Å². The van der Waals surface area contributed by atoms with Gasteiger partial charge in [0.05, 0.1) is 18.2 Å². The Kier molecular flexibility index (Phi) is 4.30. The fraction of sp³-hybridized carbons (Fsp3) is 0.0500. The molecule has 128 valence electrons. The summed E-state index contributed by atoms with van der Waals surface area (Å²) < 4.78 is 10.2. The molecular weight excluding hydrogens is 330 g/mol. The summed E-state index contributed by atoms with van der Waals surface area (Å²) in [4.78, 5) is 16.4. The van der Waals surface area contributed by atoms with Crippen LogP contribution in [-0.2, 0) is 6.42 Å². The predicted molar refractivity (Wildman–Crippen MR) is 95.6 cm³/mol. The molecule has 1 N–H and O–H groups in total. The fourth-order valence-electron chi connectivity index (χ4n) is 2.51. The average molecular weight is 345 g/mol. The minimum atomic E-state index is -0.212. The maximum atomic E-state index is 12.0. The monoisotopic (exact) mass is 345 g/mol. The third-order valence-electron chi connectivity index (χ3n) is 3.85. The van der Waals surface area contributed by atoms with Crippen LogP contribution in [0.15, 0.2) is 82.1 Å². The first-order valence-corrected chi connectivity index (χ1v) is 8.08. The largest absolute Gasteiger partial charge is 0.472 e. The molecule has 0 aliphatic heterocycles. The molecule has 2 heterocycles. The smallest absolute Gasteiger partial charge is 0.258 e. The number of nitrogens with zero attached hydrogens (tertiary/aromatic N) is 2. The van der Waals surface area contributed by atoms with E-state index in [-0.39, 0.29) is 5.91 Å². The van der Waals surface area contributed by atoms with Crippen LogP contribution in [0.3, 0.4) is 0 Å². The Balaban J connectivity index is 1.42. The van der Waals surface area contributed by atoms with E-state index < -0.39 is 0 Å². The molecule has 0 aliphatic carbocycles. The lowest BCUT2D eigenvalue weighted by Gasteiger charge is -2.04. The summed E-state index contributed by atoms with van der Waals surface area (Å²) in [5, 5.41) is 6.83. The van der Waals surface area contributed by atoms with Crippen molar-refractivity contribution in [3.8, 4) is 11.4 Å². The van der Waals surface area contributed by atoms with Gasteiger partial charge in [-0.3, -0.25) is 4.79 Å². The highest BCUT2D eigenvalue weighted by atomic mass is 16.5. The van der Waals surface area contributed by atoms with Crippen LogP contribution in [0.25, 0.3) is 11.4 Å². The molecule has 0 bridgehead atoms. The quantitative estimate of drug-likeness (QED) is 0.587. The predicted octanol–water partition coefficient (Wildman–Crippen LogP) is 4.17. The van der Waals surface area contributed by atoms with Crippen molar-refractivity contribution < 1.29 is 13.7 Å². The molecule has 0 atom stereocenters. The van der Waals surface area contributed by atoms with Gasteiger partial charge in [0.2, 0.25) is 11.7 Å². The number of hydrogen-bond acceptors (Lipinski definition) is 5. The Morgan fingerprint density at radius 3 is 2.54 bits per heavy atom. The Morgan fingerprint density at radius 2 is 1.81 bits per heavy atom. The number of carbonyl (C=O) groups excluding carboxylic acids is 1. The number of benzene rings is 2. The lowest BCUT2D eigenvalue weighted by molar-refractivity contribution is 0.102. The van der Waals surface area contributed by atoms with Gasteiger partial charge in [0.1, 0.15) is 6.26 Å². The van der Waals surface area contributed by atoms with Crippen LogP contribution in [0.4, 0.5) is 5.69 Å². The number of amides is 1. The first kappa shape index (κ1) is 15.8. The van der Waals surface area contributed by atoms with Crippen molar-refractivity contribution in [2.45, 2.75) is 6.42 Å². The van der Waals surface area contributed by atoms with Gasteiger partial charge in [0.25, 0.3) is 5.91 Å². The van der Waals surface area contributed by atoms with Crippen molar-refractivity contribution in [1.82, 2.24) is 10.1 Å². The summed E-state index contributed by atoms with van der Waals surface area (Å²) in [6.45, 7) is 0. The number of nitrogens with one attached hydrogen (secondary N) is 1. The second-order valence-electron chi connectivity index (χ2n) is 5.72. The SMILES string of the molecule is O=C(Nc1ccc(Cc2nc(-c3ccccc3)no2)cc1)c1ccoc1. The molecule has 26 heavy (non-hydrogen) atoms. The summed E-state index contributed by atoms with van der Waals surface area (Å²) in [6.07, 6.45) is 3.39. The Bertz CT molecular complexity index is 990. The van der Waals surface area contributed by atoms with E-state index in [2.05, 4.69) is 15.5 Å². The molecule has 6 nitrogen and oxygen atoms in total. The van der Waals surface area contributed by atoms with Crippen LogP contribution in [0, 0.1) is 0 Å². The van der Waals surface area contributed by atoms with Crippen molar-refractivity contribution in [1.29, 1.82) is 0 Å². The fourth-order valence-corrected chi connectivity index (χ4v) is 2.51. The number of aromatic nitrogens is 2. The van der Waals surface area contributed by atoms with Gasteiger partial charge in [-0.1, -0.05) is 47.6 Å². The zero-order valence-electron chi connectivity index (χ0n) is 13.8. The average Bonchev–Trinajstić information content (AvgIpc) is 3.36. The number of carbonyl (C=O) groups is 1. The standard InChI is InChI=1S/C20H15N3O3/c24-20(16-10-11-25-13-16)21-17-8-6-14(7-9-17)12-18-22-19(23-26-18)15-4-2-1-3-5-15/h1-11,13H,12H2,(H,21,24). The number of rotatable bonds is 5. The van der Waals surface area contributed by atoms with Crippen LogP contribution in [0.1, 0.15) is 21.8 Å². The molecule has 0 unspecified atom stereocenters.